The highest BCUT2D eigenvalue weighted by Crippen LogP contribution is 2.31. The third kappa shape index (κ3) is 3.35. The number of aromatic nitrogens is 2. The molecule has 2 aromatic heterocycles. The summed E-state index contributed by atoms with van der Waals surface area (Å²) in [5.74, 6) is 0. The fourth-order valence-corrected chi connectivity index (χ4v) is 4.57. The highest BCUT2D eigenvalue weighted by Gasteiger charge is 2.19. The van der Waals surface area contributed by atoms with Crippen molar-refractivity contribution in [2.75, 3.05) is 4.72 Å². The average Bonchev–Trinajstić information content (AvgIpc) is 3.03. The van der Waals surface area contributed by atoms with E-state index < -0.39 is 10.0 Å². The summed E-state index contributed by atoms with van der Waals surface area (Å²) in [4.78, 5) is 11.7. The molecule has 24 heavy (non-hydrogen) atoms. The Morgan fingerprint density at radius 3 is 2.67 bits per heavy atom. The van der Waals surface area contributed by atoms with Crippen LogP contribution in [0.3, 0.4) is 0 Å². The van der Waals surface area contributed by atoms with Crippen LogP contribution >= 0.6 is 22.9 Å². The molecule has 0 radical (unpaired) electrons. The number of hydrogen-bond acceptors (Lipinski definition) is 5. The van der Waals surface area contributed by atoms with E-state index in [0.717, 1.165) is 11.3 Å². The van der Waals surface area contributed by atoms with Gasteiger partial charge in [-0.15, -0.1) is 11.3 Å². The predicted octanol–water partition coefficient (Wildman–Crippen LogP) is 3.26. The standard InChI is InChI=1S/C15H12ClN3O3S2/c1-9-10(16)3-2-4-11(9)19-24(21,22)15-8-6-13(23-15)12-5-7-14(20)18-17-12/h2-8,19H,1H3,(H,18,20). The second kappa shape index (κ2) is 6.39. The zero-order valence-corrected chi connectivity index (χ0v) is 14.8. The van der Waals surface area contributed by atoms with Crippen LogP contribution in [0.15, 0.2) is 51.5 Å². The monoisotopic (exact) mass is 381 g/mol. The lowest BCUT2D eigenvalue weighted by Gasteiger charge is -2.10. The first-order valence-corrected chi connectivity index (χ1v) is 9.48. The summed E-state index contributed by atoms with van der Waals surface area (Å²) in [7, 11) is -3.74. The molecule has 0 atom stereocenters. The molecule has 0 saturated carbocycles. The molecule has 0 spiro atoms. The number of rotatable bonds is 4. The van der Waals surface area contributed by atoms with E-state index in [0.29, 0.717) is 26.8 Å². The fourth-order valence-electron chi connectivity index (χ4n) is 2.00. The number of nitrogens with zero attached hydrogens (tertiary/aromatic N) is 1. The number of nitrogens with one attached hydrogen (secondary N) is 2. The van der Waals surface area contributed by atoms with E-state index in [1.807, 2.05) is 0 Å². The van der Waals surface area contributed by atoms with Gasteiger partial charge in [-0.25, -0.2) is 13.5 Å². The molecule has 2 N–H and O–H groups in total. The van der Waals surface area contributed by atoms with E-state index in [9.17, 15) is 13.2 Å². The average molecular weight is 382 g/mol. The largest absolute Gasteiger partial charge is 0.279 e. The summed E-state index contributed by atoms with van der Waals surface area (Å²) in [6, 6.07) is 11.0. The molecule has 0 unspecified atom stereocenters. The normalized spacial score (nSPS) is 11.4. The lowest BCUT2D eigenvalue weighted by atomic mass is 10.2. The van der Waals surface area contributed by atoms with Crippen LogP contribution in [0.4, 0.5) is 5.69 Å². The van der Waals surface area contributed by atoms with Crippen LogP contribution in [-0.4, -0.2) is 18.6 Å². The van der Waals surface area contributed by atoms with Gasteiger partial charge in [0.15, 0.2) is 0 Å². The number of H-pyrrole nitrogens is 1. The minimum Gasteiger partial charge on any atom is -0.279 e. The molecule has 9 heteroatoms. The maximum absolute atomic E-state index is 12.5. The van der Waals surface area contributed by atoms with Crippen molar-refractivity contribution in [3.8, 4) is 10.6 Å². The van der Waals surface area contributed by atoms with Crippen LogP contribution in [0.5, 0.6) is 0 Å². The van der Waals surface area contributed by atoms with Crippen LogP contribution in [-0.2, 0) is 10.0 Å². The van der Waals surface area contributed by atoms with Gasteiger partial charge in [0, 0.05) is 11.1 Å². The second-order valence-electron chi connectivity index (χ2n) is 4.94. The van der Waals surface area contributed by atoms with Crippen molar-refractivity contribution in [2.24, 2.45) is 0 Å². The van der Waals surface area contributed by atoms with Gasteiger partial charge in [0.1, 0.15) is 9.90 Å². The summed E-state index contributed by atoms with van der Waals surface area (Å²) in [6.45, 7) is 1.74. The third-order valence-electron chi connectivity index (χ3n) is 3.29. The van der Waals surface area contributed by atoms with Gasteiger partial charge >= 0.3 is 0 Å². The van der Waals surface area contributed by atoms with E-state index >= 15 is 0 Å². The van der Waals surface area contributed by atoms with E-state index in [2.05, 4.69) is 14.9 Å². The van der Waals surface area contributed by atoms with Crippen molar-refractivity contribution in [1.29, 1.82) is 0 Å². The Hall–Kier alpha value is -2.16. The summed E-state index contributed by atoms with van der Waals surface area (Å²) in [5.41, 5.74) is 1.27. The predicted molar refractivity (Wildman–Crippen MR) is 95.2 cm³/mol. The quantitative estimate of drug-likeness (QED) is 0.725. The van der Waals surface area contributed by atoms with Crippen molar-refractivity contribution in [3.05, 3.63) is 63.4 Å². The number of sulfonamides is 1. The molecular formula is C15H12ClN3O3S2. The molecule has 0 saturated heterocycles. The Bertz CT molecular complexity index is 1040. The van der Waals surface area contributed by atoms with E-state index in [1.54, 1.807) is 31.2 Å². The molecule has 0 aliphatic rings. The van der Waals surface area contributed by atoms with Crippen LogP contribution in [0.1, 0.15) is 5.56 Å². The highest BCUT2D eigenvalue weighted by atomic mass is 35.5. The zero-order chi connectivity index (χ0) is 17.3. The molecule has 0 aliphatic heterocycles. The number of anilines is 1. The molecule has 3 aromatic rings. The van der Waals surface area contributed by atoms with Crippen molar-refractivity contribution in [1.82, 2.24) is 10.2 Å². The Morgan fingerprint density at radius 1 is 1.17 bits per heavy atom. The summed E-state index contributed by atoms with van der Waals surface area (Å²) in [6.07, 6.45) is 0. The minimum absolute atomic E-state index is 0.143. The van der Waals surface area contributed by atoms with E-state index in [4.69, 9.17) is 11.6 Å². The highest BCUT2D eigenvalue weighted by molar-refractivity contribution is 7.94. The Morgan fingerprint density at radius 2 is 1.96 bits per heavy atom. The van der Waals surface area contributed by atoms with Crippen molar-refractivity contribution < 1.29 is 8.42 Å². The van der Waals surface area contributed by atoms with Gasteiger partial charge in [-0.1, -0.05) is 17.7 Å². The number of benzene rings is 1. The minimum atomic E-state index is -3.74. The molecule has 0 aliphatic carbocycles. The first kappa shape index (κ1) is 16.7. The Kier molecular flexibility index (Phi) is 4.44. The van der Waals surface area contributed by atoms with Crippen LogP contribution in [0.25, 0.3) is 10.6 Å². The van der Waals surface area contributed by atoms with Gasteiger partial charge in [0.25, 0.3) is 15.6 Å². The van der Waals surface area contributed by atoms with Gasteiger partial charge < -0.3 is 0 Å². The SMILES string of the molecule is Cc1c(Cl)cccc1NS(=O)(=O)c1ccc(-c2ccc(=O)[nH]n2)s1. The molecule has 1 aromatic carbocycles. The Balaban J connectivity index is 1.92. The summed E-state index contributed by atoms with van der Waals surface area (Å²) in [5, 5.41) is 6.70. The smallest absolute Gasteiger partial charge is 0.271 e. The lowest BCUT2D eigenvalue weighted by Crippen LogP contribution is -2.12. The van der Waals surface area contributed by atoms with Crippen molar-refractivity contribution in [3.63, 3.8) is 0 Å². The van der Waals surface area contributed by atoms with Crippen LogP contribution in [0, 0.1) is 6.92 Å². The maximum atomic E-state index is 12.5. The van der Waals surface area contributed by atoms with Crippen molar-refractivity contribution in [2.45, 2.75) is 11.1 Å². The van der Waals surface area contributed by atoms with Gasteiger partial charge in [0.2, 0.25) is 0 Å². The third-order valence-corrected chi connectivity index (χ3v) is 6.66. The number of halogens is 1. The molecule has 0 amide bonds. The van der Waals surface area contributed by atoms with Gasteiger partial charge in [0.05, 0.1) is 10.6 Å². The zero-order valence-electron chi connectivity index (χ0n) is 12.4. The first-order chi connectivity index (χ1) is 11.4. The van der Waals surface area contributed by atoms with E-state index in [-0.39, 0.29) is 9.77 Å². The molecule has 2 heterocycles. The van der Waals surface area contributed by atoms with E-state index in [1.165, 1.54) is 18.2 Å². The van der Waals surface area contributed by atoms with Gasteiger partial charge in [-0.2, -0.15) is 5.10 Å². The second-order valence-corrected chi connectivity index (χ2v) is 8.34. The molecule has 3 rings (SSSR count). The first-order valence-electron chi connectivity index (χ1n) is 6.81. The van der Waals surface area contributed by atoms with Crippen LogP contribution in [0.2, 0.25) is 5.02 Å². The van der Waals surface area contributed by atoms with Crippen LogP contribution < -0.4 is 10.3 Å². The summed E-state index contributed by atoms with van der Waals surface area (Å²) >= 11 is 7.08. The molecule has 124 valence electrons. The number of thiophene rings is 1. The fraction of sp³-hybridized carbons (Fsp3) is 0.0667. The number of hydrogen-bond donors (Lipinski definition) is 2. The Labute approximate surface area is 147 Å². The number of aromatic amines is 1. The molecule has 6 nitrogen and oxygen atoms in total. The van der Waals surface area contributed by atoms with Gasteiger partial charge in [-0.3, -0.25) is 9.52 Å². The molecule has 0 fully saturated rings. The lowest BCUT2D eigenvalue weighted by molar-refractivity contribution is 0.603. The van der Waals surface area contributed by atoms with Crippen molar-refractivity contribution >= 4 is 38.6 Å². The summed E-state index contributed by atoms with van der Waals surface area (Å²) < 4.78 is 27.8. The topological polar surface area (TPSA) is 91.9 Å². The molecule has 0 bridgehead atoms. The van der Waals surface area contributed by atoms with Gasteiger partial charge in [-0.05, 0) is 42.8 Å². The maximum Gasteiger partial charge on any atom is 0.271 e. The molecular weight excluding hydrogens is 370 g/mol.